The number of fused-ring (bicyclic) bond motifs is 2. The molecule has 3 aromatic rings. The average molecular weight is 521 g/mol. The van der Waals surface area contributed by atoms with E-state index in [4.69, 9.17) is 9.26 Å². The predicted octanol–water partition coefficient (Wildman–Crippen LogP) is 3.52. The number of rotatable bonds is 7. The van der Waals surface area contributed by atoms with E-state index >= 15 is 0 Å². The normalized spacial score (nSPS) is 19.0. The zero-order valence-electron chi connectivity index (χ0n) is 21.0. The maximum absolute atomic E-state index is 12.8. The summed E-state index contributed by atoms with van der Waals surface area (Å²) in [6.45, 7) is 4.53. The molecule has 1 aromatic heterocycles. The van der Waals surface area contributed by atoms with Gasteiger partial charge in [0, 0.05) is 42.3 Å². The number of hydrogen-bond donors (Lipinski definition) is 0. The van der Waals surface area contributed by atoms with Gasteiger partial charge in [0.1, 0.15) is 21.7 Å². The van der Waals surface area contributed by atoms with Gasteiger partial charge < -0.3 is 14.2 Å². The third kappa shape index (κ3) is 4.83. The molecule has 1 spiro atoms. The van der Waals surface area contributed by atoms with Gasteiger partial charge in [-0.25, -0.2) is 8.42 Å². The summed E-state index contributed by atoms with van der Waals surface area (Å²) in [5.74, 6) is 1.20. The van der Waals surface area contributed by atoms with Gasteiger partial charge in [-0.05, 0) is 56.0 Å². The van der Waals surface area contributed by atoms with Gasteiger partial charge in [-0.1, -0.05) is 23.4 Å². The fraction of sp³-hybridized carbons (Fsp3) is 0.407. The Morgan fingerprint density at radius 1 is 1.27 bits per heavy atom. The molecular formula is C27H28N4O5S. The number of likely N-dealkylation sites (tertiary alicyclic amines) is 1. The molecule has 1 atom stereocenters. The lowest BCUT2D eigenvalue weighted by molar-refractivity contribution is -0.127. The van der Waals surface area contributed by atoms with Crippen molar-refractivity contribution in [2.45, 2.75) is 44.6 Å². The van der Waals surface area contributed by atoms with Crippen molar-refractivity contribution in [3.05, 3.63) is 53.1 Å². The minimum atomic E-state index is -3.15. The number of sulfone groups is 1. The zero-order valence-corrected chi connectivity index (χ0v) is 21.8. The molecule has 0 radical (unpaired) electrons. The highest BCUT2D eigenvalue weighted by atomic mass is 32.2. The number of ether oxygens (including phenoxy) is 1. The predicted molar refractivity (Wildman–Crippen MR) is 137 cm³/mol. The summed E-state index contributed by atoms with van der Waals surface area (Å²) in [4.78, 5) is 19.1. The number of benzene rings is 2. The van der Waals surface area contributed by atoms with Gasteiger partial charge in [0.15, 0.2) is 0 Å². The Balaban J connectivity index is 1.42. The third-order valence-electron chi connectivity index (χ3n) is 7.05. The van der Waals surface area contributed by atoms with Crippen LogP contribution in [0.4, 0.5) is 0 Å². The molecule has 5 rings (SSSR count). The second-order valence-electron chi connectivity index (χ2n) is 10.1. The van der Waals surface area contributed by atoms with Crippen molar-refractivity contribution in [3.63, 3.8) is 0 Å². The van der Waals surface area contributed by atoms with Crippen LogP contribution in [0.25, 0.3) is 22.8 Å². The van der Waals surface area contributed by atoms with E-state index in [1.807, 2.05) is 32.0 Å². The molecule has 1 saturated heterocycles. The molecule has 2 aromatic carbocycles. The van der Waals surface area contributed by atoms with Gasteiger partial charge in [-0.15, -0.1) is 0 Å². The number of aromatic nitrogens is 2. The summed E-state index contributed by atoms with van der Waals surface area (Å²) in [5, 5.41) is 13.8. The smallest absolute Gasteiger partial charge is 0.258 e. The van der Waals surface area contributed by atoms with Crippen LogP contribution in [0.5, 0.6) is 5.75 Å². The number of carbonyl (C=O) groups is 1. The van der Waals surface area contributed by atoms with Crippen LogP contribution >= 0.6 is 0 Å². The maximum atomic E-state index is 12.8. The molecule has 37 heavy (non-hydrogen) atoms. The Labute approximate surface area is 216 Å². The van der Waals surface area contributed by atoms with Crippen molar-refractivity contribution < 1.29 is 22.5 Å². The van der Waals surface area contributed by atoms with Gasteiger partial charge in [-0.2, -0.15) is 10.2 Å². The van der Waals surface area contributed by atoms with Crippen molar-refractivity contribution in [1.82, 2.24) is 15.0 Å². The summed E-state index contributed by atoms with van der Waals surface area (Å²) >= 11 is 0. The van der Waals surface area contributed by atoms with E-state index in [0.29, 0.717) is 41.6 Å². The van der Waals surface area contributed by atoms with Crippen LogP contribution in [0.2, 0.25) is 0 Å². The van der Waals surface area contributed by atoms with Crippen molar-refractivity contribution in [1.29, 1.82) is 5.26 Å². The highest BCUT2D eigenvalue weighted by Gasteiger charge is 2.48. The average Bonchev–Trinajstić information content (AvgIpc) is 3.55. The lowest BCUT2D eigenvalue weighted by Crippen LogP contribution is -2.33. The lowest BCUT2D eigenvalue weighted by atomic mass is 9.80. The minimum absolute atomic E-state index is 0.0121. The first kappa shape index (κ1) is 25.0. The van der Waals surface area contributed by atoms with E-state index in [1.54, 1.807) is 23.1 Å². The molecule has 10 heteroatoms. The SMILES string of the molecule is CC(C)Oc1ccc(-c2nc(-c3cccc4c3CC[C@@]43CC(=O)N(CCS(C)(=O)=O)C3)no2)cc1C#N. The van der Waals surface area contributed by atoms with Crippen LogP contribution in [0.3, 0.4) is 0 Å². The first-order chi connectivity index (χ1) is 17.6. The molecule has 2 heterocycles. The Bertz CT molecular complexity index is 1520. The highest BCUT2D eigenvalue weighted by molar-refractivity contribution is 7.90. The second-order valence-corrected chi connectivity index (χ2v) is 12.4. The van der Waals surface area contributed by atoms with E-state index in [2.05, 4.69) is 16.2 Å². The van der Waals surface area contributed by atoms with Gasteiger partial charge >= 0.3 is 0 Å². The first-order valence-corrected chi connectivity index (χ1v) is 14.3. The first-order valence-electron chi connectivity index (χ1n) is 12.2. The highest BCUT2D eigenvalue weighted by Crippen LogP contribution is 2.48. The van der Waals surface area contributed by atoms with E-state index in [-0.39, 0.29) is 29.7 Å². The minimum Gasteiger partial charge on any atom is -0.490 e. The number of nitriles is 1. The summed E-state index contributed by atoms with van der Waals surface area (Å²) < 4.78 is 34.5. The van der Waals surface area contributed by atoms with Crippen LogP contribution in [-0.2, 0) is 26.5 Å². The maximum Gasteiger partial charge on any atom is 0.258 e. The Hall–Kier alpha value is -3.71. The summed E-state index contributed by atoms with van der Waals surface area (Å²) in [5.41, 5.74) is 3.71. The molecule has 9 nitrogen and oxygen atoms in total. The van der Waals surface area contributed by atoms with Crippen LogP contribution in [-0.4, -0.2) is 60.6 Å². The second kappa shape index (κ2) is 9.30. The van der Waals surface area contributed by atoms with Crippen molar-refractivity contribution in [2.75, 3.05) is 25.1 Å². The van der Waals surface area contributed by atoms with E-state index in [1.165, 1.54) is 6.26 Å². The topological polar surface area (TPSA) is 126 Å². The van der Waals surface area contributed by atoms with Crippen molar-refractivity contribution in [2.24, 2.45) is 0 Å². The molecule has 2 aliphatic rings. The van der Waals surface area contributed by atoms with Gasteiger partial charge in [0.2, 0.25) is 11.7 Å². The van der Waals surface area contributed by atoms with E-state index < -0.39 is 9.84 Å². The Morgan fingerprint density at radius 3 is 2.81 bits per heavy atom. The number of hydrogen-bond acceptors (Lipinski definition) is 8. The number of carbonyl (C=O) groups excluding carboxylic acids is 1. The largest absolute Gasteiger partial charge is 0.490 e. The monoisotopic (exact) mass is 520 g/mol. The lowest BCUT2D eigenvalue weighted by Gasteiger charge is -2.25. The fourth-order valence-corrected chi connectivity index (χ4v) is 5.91. The summed E-state index contributed by atoms with van der Waals surface area (Å²) in [7, 11) is -3.15. The molecule has 0 N–H and O–H groups in total. The molecule has 1 aliphatic carbocycles. The van der Waals surface area contributed by atoms with Gasteiger partial charge in [0.25, 0.3) is 5.89 Å². The molecule has 1 aliphatic heterocycles. The Kier molecular flexibility index (Phi) is 6.28. The standard InChI is InChI=1S/C27H28N4O5S/c1-17(2)35-23-8-7-18(13-19(23)15-28)26-29-25(30-36-26)21-5-4-6-22-20(21)9-10-27(22)14-24(32)31(16-27)11-12-37(3,33)34/h4-8,13,17H,9-12,14,16H2,1-3H3/t27-/m0/s1. The molecular weight excluding hydrogens is 492 g/mol. The van der Waals surface area contributed by atoms with Crippen molar-refractivity contribution in [3.8, 4) is 34.7 Å². The van der Waals surface area contributed by atoms with E-state index in [9.17, 15) is 18.5 Å². The quantitative estimate of drug-likeness (QED) is 0.463. The summed E-state index contributed by atoms with van der Waals surface area (Å²) in [6, 6.07) is 13.3. The molecule has 192 valence electrons. The number of amides is 1. The molecule has 0 bridgehead atoms. The van der Waals surface area contributed by atoms with Crippen molar-refractivity contribution >= 4 is 15.7 Å². The van der Waals surface area contributed by atoms with Crippen LogP contribution < -0.4 is 4.74 Å². The zero-order chi connectivity index (χ0) is 26.4. The van der Waals surface area contributed by atoms with Crippen LogP contribution in [0, 0.1) is 11.3 Å². The Morgan fingerprint density at radius 2 is 2.08 bits per heavy atom. The number of nitrogens with zero attached hydrogens (tertiary/aromatic N) is 4. The molecule has 0 saturated carbocycles. The fourth-order valence-electron chi connectivity index (χ4n) is 5.36. The van der Waals surface area contributed by atoms with Crippen LogP contribution in [0.15, 0.2) is 40.9 Å². The molecule has 1 fully saturated rings. The van der Waals surface area contributed by atoms with Gasteiger partial charge in [-0.3, -0.25) is 4.79 Å². The third-order valence-corrected chi connectivity index (χ3v) is 7.97. The summed E-state index contributed by atoms with van der Waals surface area (Å²) in [6.07, 6.45) is 3.07. The molecule has 1 amide bonds. The molecule has 0 unspecified atom stereocenters. The van der Waals surface area contributed by atoms with Crippen LogP contribution in [0.1, 0.15) is 43.4 Å². The van der Waals surface area contributed by atoms with Gasteiger partial charge in [0.05, 0.1) is 17.4 Å². The van der Waals surface area contributed by atoms with E-state index in [0.717, 1.165) is 29.5 Å².